The molecule has 1 aromatic rings. The van der Waals surface area contributed by atoms with E-state index in [1.54, 1.807) is 18.2 Å². The fraction of sp³-hybridized carbons (Fsp3) is 0.529. The largest absolute Gasteiger partial charge is 0.459 e. The van der Waals surface area contributed by atoms with Crippen LogP contribution in [-0.4, -0.2) is 41.4 Å². The number of rotatable bonds is 2. The highest BCUT2D eigenvalue weighted by atomic mass is 35.5. The van der Waals surface area contributed by atoms with Crippen LogP contribution >= 0.6 is 23.2 Å². The molecular weight excluding hydrogens is 337 g/mol. The van der Waals surface area contributed by atoms with Crippen molar-refractivity contribution in [2.45, 2.75) is 43.9 Å². The van der Waals surface area contributed by atoms with Gasteiger partial charge in [0.15, 0.2) is 0 Å². The number of hydrogen-bond donors (Lipinski definition) is 0. The molecule has 0 radical (unpaired) electrons. The minimum absolute atomic E-state index is 0.0966. The first-order chi connectivity index (χ1) is 11.0. The van der Waals surface area contributed by atoms with Crippen LogP contribution in [0.5, 0.6) is 0 Å². The van der Waals surface area contributed by atoms with E-state index in [2.05, 4.69) is 4.90 Å². The molecule has 5 rings (SSSR count). The number of carbonyl (C=O) groups excluding carboxylic acids is 2. The topological polar surface area (TPSA) is 46.6 Å². The fourth-order valence-corrected chi connectivity index (χ4v) is 4.83. The van der Waals surface area contributed by atoms with E-state index in [9.17, 15) is 9.59 Å². The number of esters is 1. The summed E-state index contributed by atoms with van der Waals surface area (Å²) in [6.45, 7) is 0.574. The summed E-state index contributed by atoms with van der Waals surface area (Å²) in [5, 5.41) is 0.846. The first-order valence-corrected chi connectivity index (χ1v) is 8.70. The number of halogens is 2. The number of nitrogens with zero attached hydrogens (tertiary/aromatic N) is 1. The van der Waals surface area contributed by atoms with Crippen molar-refractivity contribution in [3.8, 4) is 0 Å². The zero-order valence-electron chi connectivity index (χ0n) is 12.5. The Morgan fingerprint density at radius 1 is 1.04 bits per heavy atom. The second-order valence-corrected chi connectivity index (χ2v) is 7.64. The smallest absolute Gasteiger partial charge is 0.338 e. The molecule has 4 saturated heterocycles. The van der Waals surface area contributed by atoms with Crippen LogP contribution in [0, 0.1) is 5.92 Å². The molecule has 2 atom stereocenters. The Hall–Kier alpha value is -1.10. The van der Waals surface area contributed by atoms with Gasteiger partial charge in [0.1, 0.15) is 11.9 Å². The van der Waals surface area contributed by atoms with E-state index in [0.29, 0.717) is 40.0 Å². The van der Waals surface area contributed by atoms with Gasteiger partial charge in [0, 0.05) is 40.9 Å². The molecular formula is C17H17Cl2NO3. The second kappa shape index (κ2) is 5.76. The highest BCUT2D eigenvalue weighted by Crippen LogP contribution is 2.42. The molecule has 6 heteroatoms. The highest BCUT2D eigenvalue weighted by Gasteiger charge is 2.49. The minimum atomic E-state index is -0.379. The van der Waals surface area contributed by atoms with Gasteiger partial charge in [-0.25, -0.2) is 4.79 Å². The van der Waals surface area contributed by atoms with Crippen LogP contribution in [0.1, 0.15) is 36.0 Å². The van der Waals surface area contributed by atoms with E-state index in [1.807, 2.05) is 0 Å². The Labute approximate surface area is 144 Å². The normalized spacial score (nSPS) is 35.2. The van der Waals surface area contributed by atoms with Gasteiger partial charge < -0.3 is 4.74 Å². The first kappa shape index (κ1) is 15.4. The zero-order valence-corrected chi connectivity index (χ0v) is 14.0. The molecule has 122 valence electrons. The van der Waals surface area contributed by atoms with E-state index < -0.39 is 0 Å². The van der Waals surface area contributed by atoms with Crippen molar-refractivity contribution in [1.82, 2.24) is 4.90 Å². The fourth-order valence-electron chi connectivity index (χ4n) is 4.31. The maximum atomic E-state index is 12.3. The lowest BCUT2D eigenvalue weighted by molar-refractivity contribution is -0.145. The standard InChI is InChI=1S/C17H17Cl2NO3/c18-11-1-10(2-12(19)5-11)17(22)23-15-6-13-3-9-4-14(7-15)20(13)8-16(9)21/h1-2,5,9,13-15H,3-4,6-8H2. The molecule has 0 aromatic heterocycles. The molecule has 0 amide bonds. The third kappa shape index (κ3) is 2.88. The summed E-state index contributed by atoms with van der Waals surface area (Å²) >= 11 is 11.9. The molecule has 4 aliphatic rings. The van der Waals surface area contributed by atoms with Gasteiger partial charge in [0.05, 0.1) is 12.1 Å². The maximum Gasteiger partial charge on any atom is 0.338 e. The Morgan fingerprint density at radius 3 is 2.22 bits per heavy atom. The van der Waals surface area contributed by atoms with Crippen molar-refractivity contribution in [2.24, 2.45) is 5.92 Å². The van der Waals surface area contributed by atoms with Gasteiger partial charge in [0.2, 0.25) is 0 Å². The SMILES string of the molecule is O=C(OC1CC2CC3CC(C1)N2CC3=O)c1cc(Cl)cc(Cl)c1. The number of ether oxygens (including phenoxy) is 1. The van der Waals surface area contributed by atoms with Crippen LogP contribution in [-0.2, 0) is 9.53 Å². The third-order valence-corrected chi connectivity index (χ3v) is 5.72. The third-order valence-electron chi connectivity index (χ3n) is 5.29. The first-order valence-electron chi connectivity index (χ1n) is 7.95. The zero-order chi connectivity index (χ0) is 16.1. The van der Waals surface area contributed by atoms with E-state index in [0.717, 1.165) is 25.7 Å². The second-order valence-electron chi connectivity index (χ2n) is 6.77. The molecule has 4 nitrogen and oxygen atoms in total. The number of piperidine rings is 4. The number of carbonyl (C=O) groups is 2. The van der Waals surface area contributed by atoms with Crippen LogP contribution in [0.2, 0.25) is 10.0 Å². The molecule has 4 aliphatic heterocycles. The van der Waals surface area contributed by atoms with Crippen LogP contribution < -0.4 is 0 Å². The Kier molecular flexibility index (Phi) is 3.87. The summed E-state index contributed by atoms with van der Waals surface area (Å²) in [5.74, 6) is 0.218. The molecule has 0 saturated carbocycles. The van der Waals surface area contributed by atoms with Crippen LogP contribution in [0.4, 0.5) is 0 Å². The number of fused-ring (bicyclic) bond motifs is 1. The maximum absolute atomic E-state index is 12.3. The average molecular weight is 354 g/mol. The lowest BCUT2D eigenvalue weighted by Gasteiger charge is -2.54. The van der Waals surface area contributed by atoms with Crippen LogP contribution in [0.25, 0.3) is 0 Å². The monoisotopic (exact) mass is 353 g/mol. The van der Waals surface area contributed by atoms with Crippen LogP contribution in [0.15, 0.2) is 18.2 Å². The van der Waals surface area contributed by atoms with Gasteiger partial charge in [-0.2, -0.15) is 0 Å². The Balaban J connectivity index is 1.45. The Morgan fingerprint density at radius 2 is 1.65 bits per heavy atom. The molecule has 0 N–H and O–H groups in total. The van der Waals surface area contributed by atoms with Gasteiger partial charge >= 0.3 is 5.97 Å². The minimum Gasteiger partial charge on any atom is -0.459 e. The van der Waals surface area contributed by atoms with E-state index in [1.165, 1.54) is 0 Å². The van der Waals surface area contributed by atoms with Crippen molar-refractivity contribution in [3.63, 3.8) is 0 Å². The summed E-state index contributed by atoms with van der Waals surface area (Å²) < 4.78 is 5.69. The predicted octanol–water partition coefficient (Wildman–Crippen LogP) is 3.34. The molecule has 0 spiro atoms. The predicted molar refractivity (Wildman–Crippen MR) is 86.9 cm³/mol. The van der Waals surface area contributed by atoms with Crippen molar-refractivity contribution >= 4 is 35.0 Å². The van der Waals surface area contributed by atoms with E-state index in [-0.39, 0.29) is 18.0 Å². The lowest BCUT2D eigenvalue weighted by atomic mass is 9.72. The Bertz CT molecular complexity index is 642. The van der Waals surface area contributed by atoms with Crippen LogP contribution in [0.3, 0.4) is 0 Å². The van der Waals surface area contributed by atoms with E-state index in [4.69, 9.17) is 27.9 Å². The average Bonchev–Trinajstić information content (AvgIpc) is 2.46. The number of hydrogen-bond acceptors (Lipinski definition) is 4. The molecule has 4 fully saturated rings. The van der Waals surface area contributed by atoms with Crippen molar-refractivity contribution < 1.29 is 14.3 Å². The molecule has 2 unspecified atom stereocenters. The molecule has 4 bridgehead atoms. The number of benzene rings is 1. The number of Topliss-reactive ketones (excluding diaryl/α,β-unsaturated/α-hetero) is 1. The van der Waals surface area contributed by atoms with Crippen molar-refractivity contribution in [3.05, 3.63) is 33.8 Å². The van der Waals surface area contributed by atoms with Gasteiger partial charge in [-0.3, -0.25) is 9.69 Å². The number of ketones is 1. The van der Waals surface area contributed by atoms with Crippen molar-refractivity contribution in [2.75, 3.05) is 6.54 Å². The summed E-state index contributed by atoms with van der Waals surface area (Å²) in [6.07, 6.45) is 3.33. The summed E-state index contributed by atoms with van der Waals surface area (Å²) in [6, 6.07) is 5.47. The highest BCUT2D eigenvalue weighted by molar-refractivity contribution is 6.35. The molecule has 0 aliphatic carbocycles. The summed E-state index contributed by atoms with van der Waals surface area (Å²) in [7, 11) is 0. The summed E-state index contributed by atoms with van der Waals surface area (Å²) in [5.41, 5.74) is 0.384. The van der Waals surface area contributed by atoms with Crippen molar-refractivity contribution in [1.29, 1.82) is 0 Å². The summed E-state index contributed by atoms with van der Waals surface area (Å²) in [4.78, 5) is 26.5. The lowest BCUT2D eigenvalue weighted by Crippen LogP contribution is -2.63. The molecule has 4 heterocycles. The molecule has 23 heavy (non-hydrogen) atoms. The van der Waals surface area contributed by atoms with Gasteiger partial charge in [-0.1, -0.05) is 23.2 Å². The quantitative estimate of drug-likeness (QED) is 0.765. The van der Waals surface area contributed by atoms with Gasteiger partial charge in [-0.15, -0.1) is 0 Å². The van der Waals surface area contributed by atoms with Gasteiger partial charge in [-0.05, 0) is 31.0 Å². The van der Waals surface area contributed by atoms with Gasteiger partial charge in [0.25, 0.3) is 0 Å². The van der Waals surface area contributed by atoms with E-state index >= 15 is 0 Å². The molecule has 1 aromatic carbocycles.